The van der Waals surface area contributed by atoms with E-state index in [2.05, 4.69) is 31.8 Å². The molecule has 14 heavy (non-hydrogen) atoms. The average molecular weight is 206 g/mol. The second-order valence-electron chi connectivity index (χ2n) is 4.05. The molecule has 0 N–H and O–H groups in total. The van der Waals surface area contributed by atoms with Crippen LogP contribution in [0.5, 0.6) is 0 Å². The molecule has 0 aromatic carbocycles. The zero-order valence-corrected chi connectivity index (χ0v) is 9.56. The lowest BCUT2D eigenvalue weighted by atomic mass is 10.2. The van der Waals surface area contributed by atoms with E-state index in [9.17, 15) is 0 Å². The average Bonchev–Trinajstić information content (AvgIpc) is 2.06. The van der Waals surface area contributed by atoms with Crippen molar-refractivity contribution in [2.24, 2.45) is 0 Å². The summed E-state index contributed by atoms with van der Waals surface area (Å²) in [6, 6.07) is 6.04. The van der Waals surface area contributed by atoms with Gasteiger partial charge in [-0.15, -0.1) is 11.8 Å². The monoisotopic (exact) mass is 206 g/mol. The highest BCUT2D eigenvalue weighted by atomic mass is 32.2. The van der Waals surface area contributed by atoms with Gasteiger partial charge < -0.3 is 0 Å². The predicted octanol–water partition coefficient (Wildman–Crippen LogP) is 3.04. The highest BCUT2D eigenvalue weighted by Gasteiger charge is 2.12. The molecule has 0 unspecified atom stereocenters. The van der Waals surface area contributed by atoms with Crippen LogP contribution in [0.25, 0.3) is 0 Å². The van der Waals surface area contributed by atoms with Gasteiger partial charge in [-0.2, -0.15) is 5.26 Å². The fourth-order valence-corrected chi connectivity index (χ4v) is 1.85. The van der Waals surface area contributed by atoms with Crippen molar-refractivity contribution in [1.82, 2.24) is 4.98 Å². The van der Waals surface area contributed by atoms with Crippen molar-refractivity contribution < 1.29 is 0 Å². The van der Waals surface area contributed by atoms with Gasteiger partial charge in [-0.05, 0) is 11.6 Å². The number of rotatable bonds is 2. The Balaban J connectivity index is 2.70. The summed E-state index contributed by atoms with van der Waals surface area (Å²) >= 11 is 1.73. The highest BCUT2D eigenvalue weighted by Crippen LogP contribution is 2.29. The van der Waals surface area contributed by atoms with E-state index in [0.29, 0.717) is 6.42 Å². The molecular formula is C11H14N2S. The third-order valence-electron chi connectivity index (χ3n) is 1.49. The van der Waals surface area contributed by atoms with Gasteiger partial charge in [-0.25, -0.2) is 4.98 Å². The van der Waals surface area contributed by atoms with Crippen molar-refractivity contribution in [3.8, 4) is 6.07 Å². The Bertz CT molecular complexity index is 330. The van der Waals surface area contributed by atoms with Crippen molar-refractivity contribution in [3.05, 3.63) is 23.9 Å². The molecule has 1 heterocycles. The van der Waals surface area contributed by atoms with Gasteiger partial charge in [-0.3, -0.25) is 0 Å². The molecule has 0 radical (unpaired) electrons. The topological polar surface area (TPSA) is 36.7 Å². The third-order valence-corrected chi connectivity index (χ3v) is 2.55. The molecule has 1 rings (SSSR count). The Morgan fingerprint density at radius 3 is 2.57 bits per heavy atom. The van der Waals surface area contributed by atoms with Gasteiger partial charge >= 0.3 is 0 Å². The largest absolute Gasteiger partial charge is 0.250 e. The summed E-state index contributed by atoms with van der Waals surface area (Å²) in [5.74, 6) is 0. The smallest absolute Gasteiger partial charge is 0.0965 e. The lowest BCUT2D eigenvalue weighted by molar-refractivity contribution is 0.799. The van der Waals surface area contributed by atoms with Gasteiger partial charge in [0, 0.05) is 10.9 Å². The van der Waals surface area contributed by atoms with Crippen molar-refractivity contribution in [2.45, 2.75) is 37.0 Å². The first kappa shape index (κ1) is 11.1. The van der Waals surface area contributed by atoms with Crippen LogP contribution in [0.3, 0.4) is 0 Å². The van der Waals surface area contributed by atoms with E-state index < -0.39 is 0 Å². The van der Waals surface area contributed by atoms with Crippen molar-refractivity contribution in [2.75, 3.05) is 0 Å². The summed E-state index contributed by atoms with van der Waals surface area (Å²) in [5, 5.41) is 9.51. The summed E-state index contributed by atoms with van der Waals surface area (Å²) in [5.41, 5.74) is 0.978. The molecule has 0 spiro atoms. The Hall–Kier alpha value is -1.01. The minimum absolute atomic E-state index is 0.184. The number of hydrogen-bond donors (Lipinski definition) is 0. The number of pyridine rings is 1. The molecule has 0 aliphatic rings. The van der Waals surface area contributed by atoms with Gasteiger partial charge in [0.25, 0.3) is 0 Å². The normalized spacial score (nSPS) is 11.0. The molecule has 0 aliphatic carbocycles. The van der Waals surface area contributed by atoms with Gasteiger partial charge in [-0.1, -0.05) is 26.8 Å². The minimum Gasteiger partial charge on any atom is -0.250 e. The zero-order valence-electron chi connectivity index (χ0n) is 8.74. The molecule has 74 valence electrons. The van der Waals surface area contributed by atoms with E-state index in [1.54, 1.807) is 18.0 Å². The van der Waals surface area contributed by atoms with E-state index >= 15 is 0 Å². The molecule has 1 aromatic rings. The molecule has 2 nitrogen and oxygen atoms in total. The first-order valence-corrected chi connectivity index (χ1v) is 5.34. The van der Waals surface area contributed by atoms with Gasteiger partial charge in [0.05, 0.1) is 17.5 Å². The van der Waals surface area contributed by atoms with Gasteiger partial charge in [0.15, 0.2) is 0 Å². The van der Waals surface area contributed by atoms with E-state index in [-0.39, 0.29) is 4.75 Å². The van der Waals surface area contributed by atoms with E-state index in [1.165, 1.54) is 0 Å². The zero-order chi connectivity index (χ0) is 10.6. The maximum atomic E-state index is 8.49. The van der Waals surface area contributed by atoms with Crippen molar-refractivity contribution in [3.63, 3.8) is 0 Å². The maximum Gasteiger partial charge on any atom is 0.0965 e. The van der Waals surface area contributed by atoms with Gasteiger partial charge in [0.2, 0.25) is 0 Å². The van der Waals surface area contributed by atoms with Crippen molar-refractivity contribution in [1.29, 1.82) is 5.26 Å². The fraction of sp³-hybridized carbons (Fsp3) is 0.455. The quantitative estimate of drug-likeness (QED) is 0.698. The lowest BCUT2D eigenvalue weighted by Gasteiger charge is -2.16. The number of nitriles is 1. The summed E-state index contributed by atoms with van der Waals surface area (Å²) in [6.07, 6.45) is 2.21. The van der Waals surface area contributed by atoms with Crippen LogP contribution < -0.4 is 0 Å². The first-order chi connectivity index (χ1) is 6.51. The number of hydrogen-bond acceptors (Lipinski definition) is 3. The highest BCUT2D eigenvalue weighted by molar-refractivity contribution is 8.00. The molecule has 1 aromatic heterocycles. The summed E-state index contributed by atoms with van der Waals surface area (Å²) < 4.78 is 0.184. The van der Waals surface area contributed by atoms with E-state index in [0.717, 1.165) is 10.6 Å². The molecule has 0 saturated carbocycles. The second-order valence-corrected chi connectivity index (χ2v) is 5.90. The van der Waals surface area contributed by atoms with E-state index in [4.69, 9.17) is 5.26 Å². The Kier molecular flexibility index (Phi) is 3.54. The second kappa shape index (κ2) is 4.47. The molecule has 0 saturated heterocycles. The predicted molar refractivity (Wildman–Crippen MR) is 59.2 cm³/mol. The van der Waals surface area contributed by atoms with Crippen LogP contribution in [-0.2, 0) is 6.42 Å². The summed E-state index contributed by atoms with van der Waals surface area (Å²) in [7, 11) is 0. The van der Waals surface area contributed by atoms with Crippen LogP contribution in [0.1, 0.15) is 26.3 Å². The lowest BCUT2D eigenvalue weighted by Crippen LogP contribution is -2.07. The molecule has 0 bridgehead atoms. The molecule has 0 atom stereocenters. The SMILES string of the molecule is CC(C)(C)Sc1ccc(CC#N)cn1. The number of aromatic nitrogens is 1. The van der Waals surface area contributed by atoms with Crippen LogP contribution in [0.2, 0.25) is 0 Å². The molecule has 0 fully saturated rings. The van der Waals surface area contributed by atoms with Crippen LogP contribution >= 0.6 is 11.8 Å². The maximum absolute atomic E-state index is 8.49. The fourth-order valence-electron chi connectivity index (χ4n) is 0.981. The molecular weight excluding hydrogens is 192 g/mol. The molecule has 0 aliphatic heterocycles. The van der Waals surface area contributed by atoms with Crippen LogP contribution in [0.15, 0.2) is 23.4 Å². The number of thioether (sulfide) groups is 1. The molecule has 3 heteroatoms. The van der Waals surface area contributed by atoms with E-state index in [1.807, 2.05) is 12.1 Å². The Morgan fingerprint density at radius 2 is 2.14 bits per heavy atom. The summed E-state index contributed by atoms with van der Waals surface area (Å²) in [6.45, 7) is 6.47. The Morgan fingerprint density at radius 1 is 1.43 bits per heavy atom. The third kappa shape index (κ3) is 3.80. The van der Waals surface area contributed by atoms with Crippen molar-refractivity contribution >= 4 is 11.8 Å². The van der Waals surface area contributed by atoms with Crippen LogP contribution in [-0.4, -0.2) is 9.73 Å². The Labute approximate surface area is 89.4 Å². The minimum atomic E-state index is 0.184. The number of nitrogens with zero attached hydrogens (tertiary/aromatic N) is 2. The first-order valence-electron chi connectivity index (χ1n) is 4.52. The molecule has 0 amide bonds. The van der Waals surface area contributed by atoms with Crippen LogP contribution in [0.4, 0.5) is 0 Å². The van der Waals surface area contributed by atoms with Crippen LogP contribution in [0, 0.1) is 11.3 Å². The summed E-state index contributed by atoms with van der Waals surface area (Å²) in [4.78, 5) is 4.29. The standard InChI is InChI=1S/C11H14N2S/c1-11(2,3)14-10-5-4-9(6-7-12)8-13-10/h4-5,8H,6H2,1-3H3. The van der Waals surface area contributed by atoms with Gasteiger partial charge in [0.1, 0.15) is 0 Å².